The molecular formula is C15H20FN3O. The fraction of sp³-hybridized carbons (Fsp3) is 0.400. The van der Waals surface area contributed by atoms with Gasteiger partial charge in [0, 0.05) is 30.5 Å². The van der Waals surface area contributed by atoms with E-state index in [9.17, 15) is 4.39 Å². The first-order valence-corrected chi connectivity index (χ1v) is 6.75. The second-order valence-corrected chi connectivity index (χ2v) is 4.94. The van der Waals surface area contributed by atoms with Crippen LogP contribution in [0.3, 0.4) is 0 Å². The van der Waals surface area contributed by atoms with E-state index < -0.39 is 0 Å². The standard InChI is InChI=1S/C15H20FN3O/c1-12(2)18-10-13-9-14(16)3-4-15(13)20-8-7-19-6-5-17-11-19/h3-6,9,11-12,18H,7-8,10H2,1-2H3. The molecule has 0 aliphatic rings. The summed E-state index contributed by atoms with van der Waals surface area (Å²) >= 11 is 0. The van der Waals surface area contributed by atoms with Gasteiger partial charge in [-0.25, -0.2) is 9.37 Å². The Morgan fingerprint density at radius 3 is 2.95 bits per heavy atom. The molecule has 0 unspecified atom stereocenters. The number of aromatic nitrogens is 2. The lowest BCUT2D eigenvalue weighted by Gasteiger charge is -2.14. The lowest BCUT2D eigenvalue weighted by atomic mass is 10.2. The molecule has 0 spiro atoms. The van der Waals surface area contributed by atoms with Crippen LogP contribution >= 0.6 is 0 Å². The topological polar surface area (TPSA) is 39.1 Å². The van der Waals surface area contributed by atoms with E-state index in [4.69, 9.17) is 4.74 Å². The fourth-order valence-electron chi connectivity index (χ4n) is 1.82. The highest BCUT2D eigenvalue weighted by Crippen LogP contribution is 2.20. The van der Waals surface area contributed by atoms with Crippen molar-refractivity contribution in [1.29, 1.82) is 0 Å². The molecule has 2 aromatic rings. The minimum Gasteiger partial charge on any atom is -0.491 e. The Morgan fingerprint density at radius 2 is 2.25 bits per heavy atom. The van der Waals surface area contributed by atoms with Crippen LogP contribution in [0.1, 0.15) is 19.4 Å². The lowest BCUT2D eigenvalue weighted by Crippen LogP contribution is -2.22. The molecule has 0 amide bonds. The number of ether oxygens (including phenoxy) is 1. The molecule has 5 heteroatoms. The number of imidazole rings is 1. The third kappa shape index (κ3) is 4.35. The maximum absolute atomic E-state index is 13.3. The highest BCUT2D eigenvalue weighted by Gasteiger charge is 2.06. The van der Waals surface area contributed by atoms with Gasteiger partial charge in [-0.15, -0.1) is 0 Å². The van der Waals surface area contributed by atoms with E-state index in [1.807, 2.05) is 10.8 Å². The first-order valence-electron chi connectivity index (χ1n) is 6.75. The number of benzene rings is 1. The summed E-state index contributed by atoms with van der Waals surface area (Å²) in [7, 11) is 0. The predicted octanol–water partition coefficient (Wildman–Crippen LogP) is 2.60. The van der Waals surface area contributed by atoms with Gasteiger partial charge in [-0.05, 0) is 18.2 Å². The Bertz CT molecular complexity index is 526. The normalized spacial score (nSPS) is 11.0. The van der Waals surface area contributed by atoms with Gasteiger partial charge in [0.05, 0.1) is 12.9 Å². The molecule has 1 heterocycles. The van der Waals surface area contributed by atoms with Crippen LogP contribution < -0.4 is 10.1 Å². The monoisotopic (exact) mass is 277 g/mol. The molecular weight excluding hydrogens is 257 g/mol. The average molecular weight is 277 g/mol. The summed E-state index contributed by atoms with van der Waals surface area (Å²) in [6.45, 7) is 5.94. The third-order valence-corrected chi connectivity index (χ3v) is 2.89. The molecule has 108 valence electrons. The Kier molecular flexibility index (Phi) is 5.12. The van der Waals surface area contributed by atoms with Crippen molar-refractivity contribution in [3.63, 3.8) is 0 Å². The number of nitrogens with one attached hydrogen (secondary N) is 1. The minimum absolute atomic E-state index is 0.243. The summed E-state index contributed by atoms with van der Waals surface area (Å²) in [5.41, 5.74) is 0.837. The SMILES string of the molecule is CC(C)NCc1cc(F)ccc1OCCn1ccnc1. The summed E-state index contributed by atoms with van der Waals surface area (Å²) in [6.07, 6.45) is 5.36. The van der Waals surface area contributed by atoms with Crippen LogP contribution in [0, 0.1) is 5.82 Å². The van der Waals surface area contributed by atoms with Gasteiger partial charge in [-0.2, -0.15) is 0 Å². The minimum atomic E-state index is -0.243. The highest BCUT2D eigenvalue weighted by molar-refractivity contribution is 5.34. The van der Waals surface area contributed by atoms with E-state index in [-0.39, 0.29) is 5.82 Å². The molecule has 1 N–H and O–H groups in total. The van der Waals surface area contributed by atoms with E-state index in [1.54, 1.807) is 18.6 Å². The molecule has 0 fully saturated rings. The van der Waals surface area contributed by atoms with Crippen molar-refractivity contribution in [2.45, 2.75) is 33.0 Å². The second kappa shape index (κ2) is 7.05. The molecule has 0 atom stereocenters. The Hall–Kier alpha value is -1.88. The average Bonchev–Trinajstić information content (AvgIpc) is 2.91. The first kappa shape index (κ1) is 14.5. The maximum Gasteiger partial charge on any atom is 0.124 e. The van der Waals surface area contributed by atoms with Crippen LogP contribution in [0.25, 0.3) is 0 Å². The van der Waals surface area contributed by atoms with Crippen molar-refractivity contribution in [3.8, 4) is 5.75 Å². The zero-order valence-corrected chi connectivity index (χ0v) is 11.8. The van der Waals surface area contributed by atoms with Gasteiger partial charge in [0.2, 0.25) is 0 Å². The molecule has 1 aromatic heterocycles. The summed E-state index contributed by atoms with van der Waals surface area (Å²) in [4.78, 5) is 3.97. The van der Waals surface area contributed by atoms with E-state index in [1.165, 1.54) is 12.1 Å². The van der Waals surface area contributed by atoms with Crippen LogP contribution in [0.4, 0.5) is 4.39 Å². The zero-order valence-electron chi connectivity index (χ0n) is 11.8. The zero-order chi connectivity index (χ0) is 14.4. The van der Waals surface area contributed by atoms with Gasteiger partial charge >= 0.3 is 0 Å². The van der Waals surface area contributed by atoms with Crippen molar-refractivity contribution < 1.29 is 9.13 Å². The van der Waals surface area contributed by atoms with Gasteiger partial charge in [-0.1, -0.05) is 13.8 Å². The van der Waals surface area contributed by atoms with Gasteiger partial charge < -0.3 is 14.6 Å². The lowest BCUT2D eigenvalue weighted by molar-refractivity contribution is 0.294. The smallest absolute Gasteiger partial charge is 0.124 e. The predicted molar refractivity (Wildman–Crippen MR) is 76.1 cm³/mol. The molecule has 0 aliphatic heterocycles. The number of hydrogen-bond acceptors (Lipinski definition) is 3. The number of halogens is 1. The van der Waals surface area contributed by atoms with Crippen LogP contribution in [0.15, 0.2) is 36.9 Å². The molecule has 0 radical (unpaired) electrons. The molecule has 1 aromatic carbocycles. The van der Waals surface area contributed by atoms with Gasteiger partial charge in [0.1, 0.15) is 18.2 Å². The molecule has 0 saturated carbocycles. The summed E-state index contributed by atoms with van der Waals surface area (Å²) in [5.74, 6) is 0.479. The van der Waals surface area contributed by atoms with Crippen LogP contribution in [-0.4, -0.2) is 22.2 Å². The van der Waals surface area contributed by atoms with Crippen LogP contribution in [-0.2, 0) is 13.1 Å². The number of nitrogens with zero attached hydrogens (tertiary/aromatic N) is 2. The van der Waals surface area contributed by atoms with Gasteiger partial charge in [-0.3, -0.25) is 0 Å². The first-order chi connectivity index (χ1) is 9.65. The van der Waals surface area contributed by atoms with Gasteiger partial charge in [0.25, 0.3) is 0 Å². The second-order valence-electron chi connectivity index (χ2n) is 4.94. The summed E-state index contributed by atoms with van der Waals surface area (Å²) in [6, 6.07) is 4.96. The molecule has 0 saturated heterocycles. The van der Waals surface area contributed by atoms with Crippen LogP contribution in [0.5, 0.6) is 5.75 Å². The molecule has 2 rings (SSSR count). The molecule has 0 aliphatic carbocycles. The molecule has 0 bridgehead atoms. The fourth-order valence-corrected chi connectivity index (χ4v) is 1.82. The van der Waals surface area contributed by atoms with Crippen molar-refractivity contribution in [1.82, 2.24) is 14.9 Å². The molecule has 20 heavy (non-hydrogen) atoms. The van der Waals surface area contributed by atoms with Crippen molar-refractivity contribution in [2.24, 2.45) is 0 Å². The maximum atomic E-state index is 13.3. The van der Waals surface area contributed by atoms with E-state index in [0.717, 1.165) is 11.3 Å². The Labute approximate surface area is 118 Å². The van der Waals surface area contributed by atoms with Crippen molar-refractivity contribution >= 4 is 0 Å². The van der Waals surface area contributed by atoms with E-state index >= 15 is 0 Å². The summed E-state index contributed by atoms with van der Waals surface area (Å²) < 4.78 is 21.0. The number of rotatable bonds is 7. The van der Waals surface area contributed by atoms with E-state index in [2.05, 4.69) is 24.1 Å². The van der Waals surface area contributed by atoms with E-state index in [0.29, 0.717) is 25.7 Å². The Morgan fingerprint density at radius 1 is 1.40 bits per heavy atom. The van der Waals surface area contributed by atoms with Crippen molar-refractivity contribution in [3.05, 3.63) is 48.3 Å². The highest BCUT2D eigenvalue weighted by atomic mass is 19.1. The summed E-state index contributed by atoms with van der Waals surface area (Å²) in [5, 5.41) is 3.27. The third-order valence-electron chi connectivity index (χ3n) is 2.89. The Balaban J connectivity index is 1.95. The van der Waals surface area contributed by atoms with Crippen molar-refractivity contribution in [2.75, 3.05) is 6.61 Å². The van der Waals surface area contributed by atoms with Gasteiger partial charge in [0.15, 0.2) is 0 Å². The number of hydrogen-bond donors (Lipinski definition) is 1. The molecule has 4 nitrogen and oxygen atoms in total. The largest absolute Gasteiger partial charge is 0.491 e. The quantitative estimate of drug-likeness (QED) is 0.845. The van der Waals surface area contributed by atoms with Crippen LogP contribution in [0.2, 0.25) is 0 Å².